The number of nitrogens with zero attached hydrogens (tertiary/aromatic N) is 2. The smallest absolute Gasteiger partial charge is 0.0992 e. The van der Waals surface area contributed by atoms with E-state index in [0.29, 0.717) is 0 Å². The second-order valence-electron chi connectivity index (χ2n) is 4.96. The van der Waals surface area contributed by atoms with Gasteiger partial charge in [-0.1, -0.05) is 30.3 Å². The van der Waals surface area contributed by atoms with E-state index in [2.05, 4.69) is 41.3 Å². The second kappa shape index (κ2) is 5.16. The third-order valence-electron chi connectivity index (χ3n) is 3.69. The van der Waals surface area contributed by atoms with Gasteiger partial charge in [-0.25, -0.2) is 0 Å². The van der Waals surface area contributed by atoms with Crippen molar-refractivity contribution in [2.24, 2.45) is 0 Å². The van der Waals surface area contributed by atoms with E-state index in [0.717, 1.165) is 37.2 Å². The zero-order valence-electron chi connectivity index (χ0n) is 10.8. The molecule has 0 aliphatic carbocycles. The summed E-state index contributed by atoms with van der Waals surface area (Å²) in [6.45, 7) is 1.98. The van der Waals surface area contributed by atoms with Crippen LogP contribution in [-0.4, -0.2) is 6.54 Å². The molecule has 1 aliphatic heterocycles. The van der Waals surface area contributed by atoms with Crippen LogP contribution in [-0.2, 0) is 13.0 Å². The summed E-state index contributed by atoms with van der Waals surface area (Å²) < 4.78 is 0. The fraction of sp³-hybridized carbons (Fsp3) is 0.235. The normalized spacial score (nSPS) is 14.4. The van der Waals surface area contributed by atoms with Crippen molar-refractivity contribution < 1.29 is 0 Å². The number of anilines is 1. The Bertz CT molecular complexity index is 625. The van der Waals surface area contributed by atoms with Crippen LogP contribution in [0.5, 0.6) is 0 Å². The van der Waals surface area contributed by atoms with E-state index in [1.807, 2.05) is 18.2 Å². The minimum atomic E-state index is 0.732. The zero-order valence-corrected chi connectivity index (χ0v) is 10.8. The third kappa shape index (κ3) is 2.46. The minimum absolute atomic E-state index is 0.732. The topological polar surface area (TPSA) is 27.0 Å². The van der Waals surface area contributed by atoms with Crippen molar-refractivity contribution in [3.05, 3.63) is 65.2 Å². The molecule has 2 nitrogen and oxygen atoms in total. The highest BCUT2D eigenvalue weighted by atomic mass is 15.1. The van der Waals surface area contributed by atoms with Crippen LogP contribution in [0.1, 0.15) is 23.1 Å². The molecule has 2 heteroatoms. The molecule has 0 amide bonds. The maximum Gasteiger partial charge on any atom is 0.0992 e. The molecule has 0 N–H and O–H groups in total. The van der Waals surface area contributed by atoms with E-state index >= 15 is 0 Å². The van der Waals surface area contributed by atoms with Gasteiger partial charge in [-0.2, -0.15) is 5.26 Å². The molecule has 0 saturated heterocycles. The molecule has 0 aromatic heterocycles. The fourth-order valence-electron chi connectivity index (χ4n) is 2.69. The summed E-state index contributed by atoms with van der Waals surface area (Å²) >= 11 is 0. The first-order chi connectivity index (χ1) is 9.36. The quantitative estimate of drug-likeness (QED) is 0.772. The average molecular weight is 248 g/mol. The SMILES string of the molecule is N#Cc1cccc(N2CCCc3ccccc3C2)c1. The number of hydrogen-bond acceptors (Lipinski definition) is 2. The first-order valence-corrected chi connectivity index (χ1v) is 6.69. The Hall–Kier alpha value is -2.27. The molecule has 2 aromatic carbocycles. The van der Waals surface area contributed by atoms with Gasteiger partial charge in [0.25, 0.3) is 0 Å². The van der Waals surface area contributed by atoms with Gasteiger partial charge in [0.05, 0.1) is 11.6 Å². The molecule has 0 radical (unpaired) electrons. The Balaban J connectivity index is 1.92. The monoisotopic (exact) mass is 248 g/mol. The standard InChI is InChI=1S/C17H16N2/c18-12-14-5-3-9-17(11-14)19-10-4-8-15-6-1-2-7-16(15)13-19/h1-3,5-7,9,11H,4,8,10,13H2. The average Bonchev–Trinajstić information content (AvgIpc) is 2.69. The zero-order chi connectivity index (χ0) is 13.1. The van der Waals surface area contributed by atoms with E-state index in [1.165, 1.54) is 11.1 Å². The van der Waals surface area contributed by atoms with Crippen molar-refractivity contribution in [3.63, 3.8) is 0 Å². The van der Waals surface area contributed by atoms with Crippen LogP contribution in [0.2, 0.25) is 0 Å². The molecule has 0 unspecified atom stereocenters. The fourth-order valence-corrected chi connectivity index (χ4v) is 2.69. The van der Waals surface area contributed by atoms with Crippen LogP contribution in [0.3, 0.4) is 0 Å². The van der Waals surface area contributed by atoms with Crippen LogP contribution in [0, 0.1) is 11.3 Å². The molecule has 3 rings (SSSR count). The summed E-state index contributed by atoms with van der Waals surface area (Å²) in [5.74, 6) is 0. The van der Waals surface area contributed by atoms with Crippen molar-refractivity contribution in [1.82, 2.24) is 0 Å². The molecule has 1 heterocycles. The predicted molar refractivity (Wildman–Crippen MR) is 77.0 cm³/mol. The van der Waals surface area contributed by atoms with E-state index in [4.69, 9.17) is 5.26 Å². The lowest BCUT2D eigenvalue weighted by molar-refractivity contribution is 0.766. The lowest BCUT2D eigenvalue weighted by Crippen LogP contribution is -2.22. The number of nitriles is 1. The summed E-state index contributed by atoms with van der Waals surface area (Å²) in [5, 5.41) is 9.01. The highest BCUT2D eigenvalue weighted by Gasteiger charge is 2.14. The lowest BCUT2D eigenvalue weighted by atomic mass is 10.0. The van der Waals surface area contributed by atoms with Gasteiger partial charge in [0.2, 0.25) is 0 Å². The van der Waals surface area contributed by atoms with Gasteiger partial charge in [0.15, 0.2) is 0 Å². The van der Waals surface area contributed by atoms with E-state index < -0.39 is 0 Å². The van der Waals surface area contributed by atoms with Crippen LogP contribution >= 0.6 is 0 Å². The Labute approximate surface area is 113 Å². The van der Waals surface area contributed by atoms with Gasteiger partial charge in [-0.15, -0.1) is 0 Å². The summed E-state index contributed by atoms with van der Waals surface area (Å²) in [7, 11) is 0. The molecule has 19 heavy (non-hydrogen) atoms. The van der Waals surface area contributed by atoms with Gasteiger partial charge in [0, 0.05) is 18.8 Å². The van der Waals surface area contributed by atoms with Crippen LogP contribution in [0.25, 0.3) is 0 Å². The molecule has 2 aromatic rings. The largest absolute Gasteiger partial charge is 0.367 e. The Morgan fingerprint density at radius 3 is 2.68 bits per heavy atom. The van der Waals surface area contributed by atoms with Crippen LogP contribution in [0.4, 0.5) is 5.69 Å². The van der Waals surface area contributed by atoms with Gasteiger partial charge in [-0.3, -0.25) is 0 Å². The number of fused-ring (bicyclic) bond motifs is 1. The molecule has 0 fully saturated rings. The first-order valence-electron chi connectivity index (χ1n) is 6.69. The van der Waals surface area contributed by atoms with Crippen molar-refractivity contribution in [3.8, 4) is 6.07 Å². The molecule has 0 saturated carbocycles. The van der Waals surface area contributed by atoms with Crippen LogP contribution in [0.15, 0.2) is 48.5 Å². The first kappa shape index (κ1) is 11.8. The molecular weight excluding hydrogens is 232 g/mol. The molecule has 0 spiro atoms. The maximum absolute atomic E-state index is 9.01. The highest BCUT2D eigenvalue weighted by Crippen LogP contribution is 2.24. The minimum Gasteiger partial charge on any atom is -0.367 e. The van der Waals surface area contributed by atoms with Gasteiger partial charge >= 0.3 is 0 Å². The molecule has 94 valence electrons. The number of rotatable bonds is 1. The van der Waals surface area contributed by atoms with Gasteiger partial charge in [0.1, 0.15) is 0 Å². The maximum atomic E-state index is 9.01. The van der Waals surface area contributed by atoms with Crippen molar-refractivity contribution in [2.75, 3.05) is 11.4 Å². The Morgan fingerprint density at radius 1 is 1.00 bits per heavy atom. The van der Waals surface area contributed by atoms with Gasteiger partial charge < -0.3 is 4.90 Å². The number of benzene rings is 2. The molecular formula is C17H16N2. The summed E-state index contributed by atoms with van der Waals surface area (Å²) in [5.41, 5.74) is 4.74. The van der Waals surface area contributed by atoms with Crippen molar-refractivity contribution in [1.29, 1.82) is 5.26 Å². The number of hydrogen-bond donors (Lipinski definition) is 0. The molecule has 0 bridgehead atoms. The summed E-state index contributed by atoms with van der Waals surface area (Å²) in [6.07, 6.45) is 2.30. The van der Waals surface area contributed by atoms with E-state index in [9.17, 15) is 0 Å². The second-order valence-corrected chi connectivity index (χ2v) is 4.96. The summed E-state index contributed by atoms with van der Waals surface area (Å²) in [6, 6.07) is 18.8. The van der Waals surface area contributed by atoms with E-state index in [1.54, 1.807) is 0 Å². The van der Waals surface area contributed by atoms with E-state index in [-0.39, 0.29) is 0 Å². The number of aryl methyl sites for hydroxylation is 1. The van der Waals surface area contributed by atoms with Crippen molar-refractivity contribution in [2.45, 2.75) is 19.4 Å². The Kier molecular flexibility index (Phi) is 3.20. The molecule has 1 aliphatic rings. The lowest BCUT2D eigenvalue weighted by Gasteiger charge is -2.23. The third-order valence-corrected chi connectivity index (χ3v) is 3.69. The molecule has 0 atom stereocenters. The van der Waals surface area contributed by atoms with Crippen LogP contribution < -0.4 is 4.90 Å². The van der Waals surface area contributed by atoms with Gasteiger partial charge in [-0.05, 0) is 42.2 Å². The van der Waals surface area contributed by atoms with Crippen molar-refractivity contribution >= 4 is 5.69 Å². The highest BCUT2D eigenvalue weighted by molar-refractivity contribution is 5.52. The summed E-state index contributed by atoms with van der Waals surface area (Å²) in [4.78, 5) is 2.37. The Morgan fingerprint density at radius 2 is 1.84 bits per heavy atom. The predicted octanol–water partition coefficient (Wildman–Crippen LogP) is 3.51.